The lowest BCUT2D eigenvalue weighted by Gasteiger charge is -2.31. The summed E-state index contributed by atoms with van der Waals surface area (Å²) in [6.45, 7) is 2.56. The Bertz CT molecular complexity index is 593. The summed E-state index contributed by atoms with van der Waals surface area (Å²) in [7, 11) is -3.12. The van der Waals surface area contributed by atoms with Crippen LogP contribution < -0.4 is 5.32 Å². The fraction of sp³-hybridized carbons (Fsp3) is 0.500. The van der Waals surface area contributed by atoms with Gasteiger partial charge in [-0.25, -0.2) is 12.7 Å². The van der Waals surface area contributed by atoms with Gasteiger partial charge in [0.25, 0.3) is 5.91 Å². The van der Waals surface area contributed by atoms with Crippen molar-refractivity contribution in [1.29, 1.82) is 0 Å². The van der Waals surface area contributed by atoms with Gasteiger partial charge in [0.15, 0.2) is 0 Å². The number of nitrogens with zero attached hydrogens (tertiary/aromatic N) is 1. The maximum atomic E-state index is 12.1. The van der Waals surface area contributed by atoms with Gasteiger partial charge in [0.1, 0.15) is 0 Å². The van der Waals surface area contributed by atoms with Crippen molar-refractivity contribution in [2.45, 2.75) is 25.8 Å². The minimum absolute atomic E-state index is 0.0106. The van der Waals surface area contributed by atoms with E-state index in [0.717, 1.165) is 0 Å². The van der Waals surface area contributed by atoms with Crippen LogP contribution in [0.3, 0.4) is 0 Å². The first kappa shape index (κ1) is 16.3. The average Bonchev–Trinajstić information content (AvgIpc) is 2.48. The Hall–Kier alpha value is -1.11. The van der Waals surface area contributed by atoms with Crippen LogP contribution in [0.5, 0.6) is 0 Å². The summed E-state index contributed by atoms with van der Waals surface area (Å²) >= 11 is 5.79. The number of amides is 1. The second kappa shape index (κ2) is 6.77. The number of hydrogen-bond donors (Lipinski definition) is 1. The van der Waals surface area contributed by atoms with Gasteiger partial charge in [-0.1, -0.05) is 11.6 Å². The summed E-state index contributed by atoms with van der Waals surface area (Å²) in [6, 6.07) is 6.71. The zero-order valence-corrected chi connectivity index (χ0v) is 13.5. The van der Waals surface area contributed by atoms with Gasteiger partial charge in [-0.15, -0.1) is 0 Å². The van der Waals surface area contributed by atoms with E-state index in [-0.39, 0.29) is 17.7 Å². The maximum absolute atomic E-state index is 12.1. The lowest BCUT2D eigenvalue weighted by Crippen LogP contribution is -2.46. The lowest BCUT2D eigenvalue weighted by molar-refractivity contribution is 0.0924. The number of carbonyl (C=O) groups is 1. The number of hydrogen-bond acceptors (Lipinski definition) is 3. The zero-order chi connectivity index (χ0) is 15.5. The summed E-state index contributed by atoms with van der Waals surface area (Å²) in [6.07, 6.45) is 1.27. The molecular formula is C14H19ClN2O3S. The monoisotopic (exact) mass is 330 g/mol. The van der Waals surface area contributed by atoms with E-state index in [2.05, 4.69) is 5.32 Å². The normalized spacial score (nSPS) is 17.6. The molecule has 0 spiro atoms. The Morgan fingerprint density at radius 3 is 2.38 bits per heavy atom. The van der Waals surface area contributed by atoms with Crippen molar-refractivity contribution in [2.75, 3.05) is 18.8 Å². The fourth-order valence-corrected chi connectivity index (χ4v) is 3.59. The van der Waals surface area contributed by atoms with Gasteiger partial charge in [-0.05, 0) is 44.0 Å². The Kier molecular flexibility index (Phi) is 5.24. The zero-order valence-electron chi connectivity index (χ0n) is 11.9. The maximum Gasteiger partial charge on any atom is 0.251 e. The molecule has 0 aromatic heterocycles. The van der Waals surface area contributed by atoms with Gasteiger partial charge < -0.3 is 5.32 Å². The molecule has 0 aliphatic carbocycles. The van der Waals surface area contributed by atoms with Crippen LogP contribution in [0.1, 0.15) is 30.1 Å². The van der Waals surface area contributed by atoms with Crippen molar-refractivity contribution in [3.8, 4) is 0 Å². The molecule has 1 fully saturated rings. The molecular weight excluding hydrogens is 312 g/mol. The molecule has 1 N–H and O–H groups in total. The van der Waals surface area contributed by atoms with Gasteiger partial charge in [0.05, 0.1) is 5.75 Å². The SMILES string of the molecule is CCS(=O)(=O)N1CCC(NC(=O)c2ccc(Cl)cc2)CC1. The third-order valence-electron chi connectivity index (χ3n) is 3.65. The van der Waals surface area contributed by atoms with E-state index in [1.54, 1.807) is 31.2 Å². The first-order valence-electron chi connectivity index (χ1n) is 6.96. The largest absolute Gasteiger partial charge is 0.349 e. The van der Waals surface area contributed by atoms with Gasteiger partial charge in [0.2, 0.25) is 10.0 Å². The molecule has 1 aliphatic heterocycles. The minimum Gasteiger partial charge on any atom is -0.349 e. The molecule has 0 saturated carbocycles. The standard InChI is InChI=1S/C14H19ClN2O3S/c1-2-21(19,20)17-9-7-13(8-10-17)16-14(18)11-3-5-12(15)6-4-11/h3-6,13H,2,7-10H2,1H3,(H,16,18). The third kappa shape index (κ3) is 4.18. The van der Waals surface area contributed by atoms with Crippen molar-refractivity contribution in [3.05, 3.63) is 34.9 Å². The van der Waals surface area contributed by atoms with E-state index in [1.165, 1.54) is 4.31 Å². The quantitative estimate of drug-likeness (QED) is 0.916. The minimum atomic E-state index is -3.12. The molecule has 2 rings (SSSR count). The van der Waals surface area contributed by atoms with E-state index in [1.807, 2.05) is 0 Å². The Labute approximate surface area is 130 Å². The molecule has 0 unspecified atom stereocenters. The van der Waals surface area contributed by atoms with Crippen molar-refractivity contribution >= 4 is 27.5 Å². The molecule has 1 heterocycles. The van der Waals surface area contributed by atoms with Crippen LogP contribution in [0.25, 0.3) is 0 Å². The number of nitrogens with one attached hydrogen (secondary N) is 1. The number of benzene rings is 1. The van der Waals surface area contributed by atoms with E-state index in [0.29, 0.717) is 36.5 Å². The van der Waals surface area contributed by atoms with Crippen molar-refractivity contribution < 1.29 is 13.2 Å². The molecule has 116 valence electrons. The summed E-state index contributed by atoms with van der Waals surface area (Å²) in [5.74, 6) is -0.0297. The smallest absolute Gasteiger partial charge is 0.251 e. The highest BCUT2D eigenvalue weighted by molar-refractivity contribution is 7.89. The van der Waals surface area contributed by atoms with E-state index in [4.69, 9.17) is 11.6 Å². The van der Waals surface area contributed by atoms with Crippen LogP contribution in [0.4, 0.5) is 0 Å². The molecule has 21 heavy (non-hydrogen) atoms. The van der Waals surface area contributed by atoms with Gasteiger partial charge in [0, 0.05) is 29.7 Å². The van der Waals surface area contributed by atoms with Crippen LogP contribution in [0.15, 0.2) is 24.3 Å². The number of carbonyl (C=O) groups excluding carboxylic acids is 1. The van der Waals surface area contributed by atoms with Gasteiger partial charge in [-0.3, -0.25) is 4.79 Å². The number of rotatable bonds is 4. The third-order valence-corrected chi connectivity index (χ3v) is 5.79. The number of sulfonamides is 1. The number of halogens is 1. The van der Waals surface area contributed by atoms with E-state index >= 15 is 0 Å². The predicted molar refractivity (Wildman–Crippen MR) is 83.0 cm³/mol. The van der Waals surface area contributed by atoms with Gasteiger partial charge >= 0.3 is 0 Å². The highest BCUT2D eigenvalue weighted by atomic mass is 35.5. The summed E-state index contributed by atoms with van der Waals surface area (Å²) in [4.78, 5) is 12.1. The predicted octanol–water partition coefficient (Wildman–Crippen LogP) is 1.88. The first-order valence-corrected chi connectivity index (χ1v) is 8.95. The molecule has 1 saturated heterocycles. The fourth-order valence-electron chi connectivity index (χ4n) is 2.33. The van der Waals surface area contributed by atoms with Gasteiger partial charge in [-0.2, -0.15) is 0 Å². The molecule has 1 aromatic rings. The summed E-state index contributed by atoms with van der Waals surface area (Å²) < 4.78 is 25.0. The van der Waals surface area contributed by atoms with E-state index < -0.39 is 10.0 Å². The van der Waals surface area contributed by atoms with Crippen molar-refractivity contribution in [3.63, 3.8) is 0 Å². The average molecular weight is 331 g/mol. The Morgan fingerprint density at radius 1 is 1.29 bits per heavy atom. The summed E-state index contributed by atoms with van der Waals surface area (Å²) in [5, 5.41) is 3.53. The molecule has 0 bridgehead atoms. The van der Waals surface area contributed by atoms with Crippen LogP contribution >= 0.6 is 11.6 Å². The van der Waals surface area contributed by atoms with E-state index in [9.17, 15) is 13.2 Å². The van der Waals surface area contributed by atoms with Crippen molar-refractivity contribution in [2.24, 2.45) is 0 Å². The van der Waals surface area contributed by atoms with Crippen LogP contribution in [0, 0.1) is 0 Å². The van der Waals surface area contributed by atoms with Crippen LogP contribution in [-0.2, 0) is 10.0 Å². The molecule has 0 atom stereocenters. The second-order valence-corrected chi connectivity index (χ2v) is 7.75. The highest BCUT2D eigenvalue weighted by Crippen LogP contribution is 2.15. The second-order valence-electron chi connectivity index (χ2n) is 5.05. The topological polar surface area (TPSA) is 66.5 Å². The number of piperidine rings is 1. The molecule has 1 amide bonds. The van der Waals surface area contributed by atoms with Crippen LogP contribution in [-0.4, -0.2) is 43.5 Å². The molecule has 1 aliphatic rings. The molecule has 1 aromatic carbocycles. The van der Waals surface area contributed by atoms with Crippen LogP contribution in [0.2, 0.25) is 5.02 Å². The van der Waals surface area contributed by atoms with Crippen molar-refractivity contribution in [1.82, 2.24) is 9.62 Å². The summed E-state index contributed by atoms with van der Waals surface area (Å²) in [5.41, 5.74) is 0.558. The first-order chi connectivity index (χ1) is 9.92. The molecule has 7 heteroatoms. The Balaban J connectivity index is 1.89. The molecule has 0 radical (unpaired) electrons. The Morgan fingerprint density at radius 2 is 1.86 bits per heavy atom. The lowest BCUT2D eigenvalue weighted by atomic mass is 10.1. The highest BCUT2D eigenvalue weighted by Gasteiger charge is 2.27. The molecule has 5 nitrogen and oxygen atoms in total.